The zero-order chi connectivity index (χ0) is 12.0. The van der Waals surface area contributed by atoms with Gasteiger partial charge in [-0.1, -0.05) is 0 Å². The standard InChI is InChI=1S/C12H18N4O.2ClH/c1-15-7-14-6-10(15)12-9(13)4-5-11(17)16(12)8-2-3-8;;/h6-9,12H,2-5,13H2,1H3;2*1H. The van der Waals surface area contributed by atoms with Crippen LogP contribution >= 0.6 is 24.8 Å². The Hall–Kier alpha value is -0.780. The molecule has 3 rings (SSSR count). The number of piperidine rings is 1. The first kappa shape index (κ1) is 16.3. The first-order chi connectivity index (χ1) is 8.18. The molecular formula is C12H20Cl2N4O. The van der Waals surface area contributed by atoms with Gasteiger partial charge < -0.3 is 15.2 Å². The first-order valence-electron chi connectivity index (χ1n) is 6.21. The smallest absolute Gasteiger partial charge is 0.223 e. The van der Waals surface area contributed by atoms with Crippen molar-refractivity contribution < 1.29 is 4.79 Å². The molecule has 1 saturated carbocycles. The molecule has 108 valence electrons. The van der Waals surface area contributed by atoms with Gasteiger partial charge in [0.2, 0.25) is 5.91 Å². The molecule has 0 radical (unpaired) electrons. The van der Waals surface area contributed by atoms with E-state index in [4.69, 9.17) is 5.73 Å². The fourth-order valence-corrected chi connectivity index (χ4v) is 2.74. The summed E-state index contributed by atoms with van der Waals surface area (Å²) < 4.78 is 1.97. The number of likely N-dealkylation sites (tertiary alicyclic amines) is 1. The van der Waals surface area contributed by atoms with E-state index in [0.717, 1.165) is 25.0 Å². The number of carbonyl (C=O) groups is 1. The van der Waals surface area contributed by atoms with E-state index < -0.39 is 0 Å². The molecule has 2 fully saturated rings. The highest BCUT2D eigenvalue weighted by Gasteiger charge is 2.43. The van der Waals surface area contributed by atoms with Gasteiger partial charge in [-0.05, 0) is 19.3 Å². The maximum atomic E-state index is 12.1. The number of amides is 1. The fourth-order valence-electron chi connectivity index (χ4n) is 2.74. The minimum Gasteiger partial charge on any atom is -0.336 e. The van der Waals surface area contributed by atoms with Crippen LogP contribution in [0.2, 0.25) is 0 Å². The summed E-state index contributed by atoms with van der Waals surface area (Å²) in [5.41, 5.74) is 7.28. The average Bonchev–Trinajstić information content (AvgIpc) is 3.05. The molecule has 2 heterocycles. The number of carbonyl (C=O) groups excluding carboxylic acids is 1. The highest BCUT2D eigenvalue weighted by atomic mass is 35.5. The zero-order valence-electron chi connectivity index (χ0n) is 10.9. The van der Waals surface area contributed by atoms with E-state index in [9.17, 15) is 4.79 Å². The highest BCUT2D eigenvalue weighted by Crippen LogP contribution is 2.39. The Balaban J connectivity index is 0.000000902. The average molecular weight is 307 g/mol. The van der Waals surface area contributed by atoms with Crippen molar-refractivity contribution in [2.75, 3.05) is 0 Å². The second kappa shape index (κ2) is 6.11. The van der Waals surface area contributed by atoms with Crippen molar-refractivity contribution in [1.82, 2.24) is 14.5 Å². The van der Waals surface area contributed by atoms with Gasteiger partial charge >= 0.3 is 0 Å². The molecule has 1 aliphatic heterocycles. The van der Waals surface area contributed by atoms with Gasteiger partial charge in [-0.15, -0.1) is 24.8 Å². The summed E-state index contributed by atoms with van der Waals surface area (Å²) in [4.78, 5) is 18.2. The molecule has 7 heteroatoms. The van der Waals surface area contributed by atoms with Crippen LogP contribution in [0, 0.1) is 0 Å². The maximum absolute atomic E-state index is 12.1. The highest BCUT2D eigenvalue weighted by molar-refractivity contribution is 5.85. The monoisotopic (exact) mass is 306 g/mol. The van der Waals surface area contributed by atoms with E-state index in [1.54, 1.807) is 6.33 Å². The van der Waals surface area contributed by atoms with Crippen molar-refractivity contribution in [2.24, 2.45) is 12.8 Å². The van der Waals surface area contributed by atoms with Gasteiger partial charge in [0.1, 0.15) is 0 Å². The van der Waals surface area contributed by atoms with E-state index in [-0.39, 0.29) is 42.8 Å². The molecule has 0 spiro atoms. The summed E-state index contributed by atoms with van der Waals surface area (Å²) in [7, 11) is 1.96. The third-order valence-electron chi connectivity index (χ3n) is 3.78. The number of hydrogen-bond acceptors (Lipinski definition) is 3. The number of nitrogens with two attached hydrogens (primary N) is 1. The summed E-state index contributed by atoms with van der Waals surface area (Å²) in [5.74, 6) is 0.250. The Kier molecular flexibility index (Phi) is 5.24. The molecule has 2 atom stereocenters. The predicted molar refractivity (Wildman–Crippen MR) is 77.5 cm³/mol. The molecule has 2 aliphatic rings. The van der Waals surface area contributed by atoms with Crippen molar-refractivity contribution in [3.63, 3.8) is 0 Å². The van der Waals surface area contributed by atoms with Gasteiger partial charge in [-0.2, -0.15) is 0 Å². The molecule has 19 heavy (non-hydrogen) atoms. The predicted octanol–water partition coefficient (Wildman–Crippen LogP) is 1.42. The van der Waals surface area contributed by atoms with E-state index in [1.165, 1.54) is 0 Å². The van der Waals surface area contributed by atoms with Crippen LogP contribution in [-0.2, 0) is 11.8 Å². The number of aryl methyl sites for hydroxylation is 1. The molecule has 0 aromatic carbocycles. The van der Waals surface area contributed by atoms with Gasteiger partial charge in [0, 0.05) is 25.6 Å². The van der Waals surface area contributed by atoms with Crippen LogP contribution < -0.4 is 5.73 Å². The number of rotatable bonds is 2. The summed E-state index contributed by atoms with van der Waals surface area (Å²) in [6, 6.07) is 0.452. The zero-order valence-corrected chi connectivity index (χ0v) is 12.5. The van der Waals surface area contributed by atoms with E-state index in [1.807, 2.05) is 22.7 Å². The SMILES string of the molecule is Cl.Cl.Cn1cncc1C1C(N)CCC(=O)N1C1CC1. The molecule has 1 aromatic rings. The lowest BCUT2D eigenvalue weighted by molar-refractivity contribution is -0.138. The third-order valence-corrected chi connectivity index (χ3v) is 3.78. The van der Waals surface area contributed by atoms with E-state index in [2.05, 4.69) is 4.98 Å². The largest absolute Gasteiger partial charge is 0.336 e. The Morgan fingerprint density at radius 2 is 2.00 bits per heavy atom. The molecule has 2 N–H and O–H groups in total. The topological polar surface area (TPSA) is 64.2 Å². The Labute approximate surface area is 125 Å². The summed E-state index contributed by atoms with van der Waals surface area (Å²) in [5, 5.41) is 0. The molecule has 2 unspecified atom stereocenters. The van der Waals surface area contributed by atoms with Gasteiger partial charge in [0.25, 0.3) is 0 Å². The molecule has 5 nitrogen and oxygen atoms in total. The lowest BCUT2D eigenvalue weighted by Gasteiger charge is -2.40. The number of halogens is 2. The van der Waals surface area contributed by atoms with Crippen LogP contribution in [0.4, 0.5) is 0 Å². The Bertz CT molecular complexity index is 447. The fraction of sp³-hybridized carbons (Fsp3) is 0.667. The van der Waals surface area contributed by atoms with Crippen molar-refractivity contribution >= 4 is 30.7 Å². The second-order valence-electron chi connectivity index (χ2n) is 5.11. The van der Waals surface area contributed by atoms with Crippen LogP contribution in [0.5, 0.6) is 0 Å². The van der Waals surface area contributed by atoms with E-state index >= 15 is 0 Å². The molecule has 1 saturated heterocycles. The van der Waals surface area contributed by atoms with Crippen LogP contribution in [-0.4, -0.2) is 32.4 Å². The van der Waals surface area contributed by atoms with Crippen molar-refractivity contribution in [3.8, 4) is 0 Å². The minimum absolute atomic E-state index is 0. The number of nitrogens with zero attached hydrogens (tertiary/aromatic N) is 3. The number of hydrogen-bond donors (Lipinski definition) is 1. The minimum atomic E-state index is 0. The van der Waals surface area contributed by atoms with Crippen molar-refractivity contribution in [3.05, 3.63) is 18.2 Å². The molecule has 1 amide bonds. The Morgan fingerprint density at radius 1 is 1.32 bits per heavy atom. The number of aromatic nitrogens is 2. The summed E-state index contributed by atoms with van der Waals surface area (Å²) in [6.45, 7) is 0. The van der Waals surface area contributed by atoms with Gasteiger partial charge in [-0.3, -0.25) is 4.79 Å². The molecule has 0 bridgehead atoms. The Morgan fingerprint density at radius 3 is 2.53 bits per heavy atom. The van der Waals surface area contributed by atoms with Gasteiger partial charge in [-0.25, -0.2) is 4.98 Å². The summed E-state index contributed by atoms with van der Waals surface area (Å²) >= 11 is 0. The molecule has 1 aliphatic carbocycles. The van der Waals surface area contributed by atoms with Gasteiger partial charge in [0.05, 0.1) is 24.3 Å². The first-order valence-corrected chi connectivity index (χ1v) is 6.21. The molecular weight excluding hydrogens is 287 g/mol. The second-order valence-corrected chi connectivity index (χ2v) is 5.11. The lowest BCUT2D eigenvalue weighted by Crippen LogP contribution is -2.50. The normalized spacial score (nSPS) is 26.6. The molecule has 1 aromatic heterocycles. The van der Waals surface area contributed by atoms with Crippen LogP contribution in [0.25, 0.3) is 0 Å². The quantitative estimate of drug-likeness (QED) is 0.898. The van der Waals surface area contributed by atoms with Crippen molar-refractivity contribution in [1.29, 1.82) is 0 Å². The maximum Gasteiger partial charge on any atom is 0.223 e. The summed E-state index contributed by atoms with van der Waals surface area (Å²) in [6.07, 6.45) is 7.20. The number of imidazole rings is 1. The van der Waals surface area contributed by atoms with Gasteiger partial charge in [0.15, 0.2) is 0 Å². The van der Waals surface area contributed by atoms with Crippen LogP contribution in [0.15, 0.2) is 12.5 Å². The van der Waals surface area contributed by atoms with Crippen LogP contribution in [0.1, 0.15) is 37.4 Å². The van der Waals surface area contributed by atoms with Crippen molar-refractivity contribution in [2.45, 2.75) is 43.8 Å². The van der Waals surface area contributed by atoms with E-state index in [0.29, 0.717) is 12.5 Å². The lowest BCUT2D eigenvalue weighted by atomic mass is 9.93. The third kappa shape index (κ3) is 2.88. The van der Waals surface area contributed by atoms with Crippen LogP contribution in [0.3, 0.4) is 0 Å².